The quantitative estimate of drug-likeness (QED) is 0.575. The van der Waals surface area contributed by atoms with Crippen molar-refractivity contribution in [3.63, 3.8) is 0 Å². The summed E-state index contributed by atoms with van der Waals surface area (Å²) in [5, 5.41) is 3.31. The molecule has 0 saturated heterocycles. The Kier molecular flexibility index (Phi) is 10.2. The number of nitrogens with one attached hydrogen (secondary N) is 1. The molecule has 15 heavy (non-hydrogen) atoms. The molecule has 0 aromatic heterocycles. The molecule has 0 spiro atoms. The van der Waals surface area contributed by atoms with E-state index in [1.807, 2.05) is 0 Å². The number of halogens is 2. The Morgan fingerprint density at radius 1 is 1.27 bits per heavy atom. The van der Waals surface area contributed by atoms with Gasteiger partial charge in [0, 0.05) is 12.6 Å². The lowest BCUT2D eigenvalue weighted by Gasteiger charge is -2.16. The highest BCUT2D eigenvalue weighted by molar-refractivity contribution is 4.64. The Bertz CT molecular complexity index is 134. The van der Waals surface area contributed by atoms with Crippen LogP contribution in [-0.4, -0.2) is 32.2 Å². The van der Waals surface area contributed by atoms with Gasteiger partial charge in [-0.2, -0.15) is 0 Å². The summed E-state index contributed by atoms with van der Waals surface area (Å²) in [6.07, 6.45) is 2.28. The Labute approximate surface area is 91.4 Å². The Balaban J connectivity index is 3.30. The smallest absolute Gasteiger partial charge is 0.261 e. The van der Waals surface area contributed by atoms with E-state index in [4.69, 9.17) is 4.74 Å². The van der Waals surface area contributed by atoms with Gasteiger partial charge in [-0.1, -0.05) is 26.7 Å². The largest absolute Gasteiger partial charge is 0.374 e. The lowest BCUT2D eigenvalue weighted by Crippen LogP contribution is -2.31. The van der Waals surface area contributed by atoms with Crippen LogP contribution in [0.5, 0.6) is 0 Å². The second kappa shape index (κ2) is 10.3. The van der Waals surface area contributed by atoms with E-state index in [-0.39, 0.29) is 0 Å². The first kappa shape index (κ1) is 14.8. The maximum Gasteiger partial charge on any atom is 0.261 e. The van der Waals surface area contributed by atoms with Gasteiger partial charge in [0.05, 0.1) is 6.61 Å². The maximum absolute atomic E-state index is 11.7. The van der Waals surface area contributed by atoms with E-state index in [0.717, 1.165) is 12.8 Å². The van der Waals surface area contributed by atoms with Crippen molar-refractivity contribution in [3.05, 3.63) is 0 Å². The van der Waals surface area contributed by atoms with Gasteiger partial charge in [0.15, 0.2) is 0 Å². The molecule has 0 fully saturated rings. The summed E-state index contributed by atoms with van der Waals surface area (Å²) in [5.74, 6) is 0. The fourth-order valence-corrected chi connectivity index (χ4v) is 1.41. The number of ether oxygens (including phenoxy) is 1. The van der Waals surface area contributed by atoms with Crippen LogP contribution < -0.4 is 5.32 Å². The van der Waals surface area contributed by atoms with Gasteiger partial charge in [-0.25, -0.2) is 8.78 Å². The lowest BCUT2D eigenvalue weighted by molar-refractivity contribution is 0.0181. The van der Waals surface area contributed by atoms with E-state index >= 15 is 0 Å². The topological polar surface area (TPSA) is 21.3 Å². The van der Waals surface area contributed by atoms with Gasteiger partial charge in [0.25, 0.3) is 6.43 Å². The van der Waals surface area contributed by atoms with Crippen molar-refractivity contribution >= 4 is 0 Å². The van der Waals surface area contributed by atoms with Gasteiger partial charge in [-0.05, 0) is 12.8 Å². The Morgan fingerprint density at radius 2 is 2.00 bits per heavy atom. The molecule has 1 atom stereocenters. The average Bonchev–Trinajstić information content (AvgIpc) is 2.21. The van der Waals surface area contributed by atoms with Gasteiger partial charge in [0.2, 0.25) is 0 Å². The zero-order valence-corrected chi connectivity index (χ0v) is 9.77. The molecule has 0 radical (unpaired) electrons. The zero-order valence-electron chi connectivity index (χ0n) is 9.77. The van der Waals surface area contributed by atoms with Gasteiger partial charge >= 0.3 is 0 Å². The molecule has 4 heteroatoms. The molecule has 92 valence electrons. The van der Waals surface area contributed by atoms with Crippen molar-refractivity contribution in [3.8, 4) is 0 Å². The third-order valence-corrected chi connectivity index (χ3v) is 2.32. The molecule has 1 unspecified atom stereocenters. The molecule has 0 aromatic carbocycles. The molecule has 0 rings (SSSR count). The predicted octanol–water partition coefficient (Wildman–Crippen LogP) is 2.83. The molecule has 0 aliphatic heterocycles. The van der Waals surface area contributed by atoms with Crippen LogP contribution >= 0.6 is 0 Å². The van der Waals surface area contributed by atoms with Crippen LogP contribution in [0.3, 0.4) is 0 Å². The van der Waals surface area contributed by atoms with Crippen LogP contribution in [0.1, 0.15) is 39.5 Å². The Morgan fingerprint density at radius 3 is 2.53 bits per heavy atom. The van der Waals surface area contributed by atoms with Crippen molar-refractivity contribution < 1.29 is 13.5 Å². The second-order valence-electron chi connectivity index (χ2n) is 3.67. The minimum Gasteiger partial charge on any atom is -0.374 e. The summed E-state index contributed by atoms with van der Waals surface area (Å²) in [6.45, 7) is 4.88. The Hall–Kier alpha value is -0.220. The first-order chi connectivity index (χ1) is 7.20. The molecular formula is C11H23F2NO. The van der Waals surface area contributed by atoms with Crippen molar-refractivity contribution in [2.75, 3.05) is 19.8 Å². The first-order valence-electron chi connectivity index (χ1n) is 5.79. The molecule has 0 bridgehead atoms. The van der Waals surface area contributed by atoms with Gasteiger partial charge in [0.1, 0.15) is 6.61 Å². The number of unbranched alkanes of at least 4 members (excludes halogenated alkanes) is 1. The highest BCUT2D eigenvalue weighted by Gasteiger charge is 2.05. The summed E-state index contributed by atoms with van der Waals surface area (Å²) >= 11 is 0. The van der Waals surface area contributed by atoms with E-state index in [9.17, 15) is 8.78 Å². The average molecular weight is 223 g/mol. The monoisotopic (exact) mass is 223 g/mol. The van der Waals surface area contributed by atoms with Crippen LogP contribution in [0.15, 0.2) is 0 Å². The van der Waals surface area contributed by atoms with Gasteiger partial charge < -0.3 is 10.1 Å². The number of alkyl halides is 2. The molecular weight excluding hydrogens is 200 g/mol. The van der Waals surface area contributed by atoms with Crippen LogP contribution in [0.2, 0.25) is 0 Å². The van der Waals surface area contributed by atoms with Gasteiger partial charge in [-0.15, -0.1) is 0 Å². The molecule has 0 aliphatic carbocycles. The third-order valence-electron chi connectivity index (χ3n) is 2.32. The SMILES string of the molecule is CCCCC(CC)NCCOCC(F)F. The molecule has 0 heterocycles. The lowest BCUT2D eigenvalue weighted by atomic mass is 10.1. The first-order valence-corrected chi connectivity index (χ1v) is 5.79. The second-order valence-corrected chi connectivity index (χ2v) is 3.67. The summed E-state index contributed by atoms with van der Waals surface area (Å²) < 4.78 is 28.2. The van der Waals surface area contributed by atoms with E-state index < -0.39 is 13.0 Å². The van der Waals surface area contributed by atoms with Crippen molar-refractivity contribution in [2.24, 2.45) is 0 Å². The summed E-state index contributed by atoms with van der Waals surface area (Å²) in [4.78, 5) is 0. The minimum atomic E-state index is -2.35. The molecule has 0 saturated carbocycles. The number of hydrogen-bond donors (Lipinski definition) is 1. The maximum atomic E-state index is 11.7. The summed E-state index contributed by atoms with van der Waals surface area (Å²) in [7, 11) is 0. The zero-order chi connectivity index (χ0) is 11.5. The standard InChI is InChI=1S/C11H23F2NO/c1-3-5-6-10(4-2)14-7-8-15-9-11(12)13/h10-11,14H,3-9H2,1-2H3. The number of hydrogen-bond acceptors (Lipinski definition) is 2. The fraction of sp³-hybridized carbons (Fsp3) is 1.00. The molecule has 2 nitrogen and oxygen atoms in total. The van der Waals surface area contributed by atoms with E-state index in [2.05, 4.69) is 19.2 Å². The predicted molar refractivity (Wildman–Crippen MR) is 58.4 cm³/mol. The highest BCUT2D eigenvalue weighted by Crippen LogP contribution is 2.03. The number of rotatable bonds is 10. The van der Waals surface area contributed by atoms with E-state index in [1.165, 1.54) is 12.8 Å². The molecule has 0 aliphatic rings. The van der Waals surface area contributed by atoms with Crippen molar-refractivity contribution in [1.29, 1.82) is 0 Å². The summed E-state index contributed by atoms with van der Waals surface area (Å²) in [5.41, 5.74) is 0. The molecule has 1 N–H and O–H groups in total. The normalized spacial score (nSPS) is 13.4. The molecule has 0 aromatic rings. The van der Waals surface area contributed by atoms with Crippen LogP contribution in [-0.2, 0) is 4.74 Å². The van der Waals surface area contributed by atoms with Crippen LogP contribution in [0.25, 0.3) is 0 Å². The van der Waals surface area contributed by atoms with Crippen molar-refractivity contribution in [1.82, 2.24) is 5.32 Å². The third kappa shape index (κ3) is 10.1. The van der Waals surface area contributed by atoms with Crippen LogP contribution in [0.4, 0.5) is 8.78 Å². The van der Waals surface area contributed by atoms with E-state index in [0.29, 0.717) is 19.2 Å². The minimum absolute atomic E-state index is 0.368. The summed E-state index contributed by atoms with van der Waals surface area (Å²) in [6, 6.07) is 0.500. The van der Waals surface area contributed by atoms with Gasteiger partial charge in [-0.3, -0.25) is 0 Å². The highest BCUT2D eigenvalue weighted by atomic mass is 19.3. The van der Waals surface area contributed by atoms with Crippen LogP contribution in [0, 0.1) is 0 Å². The van der Waals surface area contributed by atoms with E-state index in [1.54, 1.807) is 0 Å². The van der Waals surface area contributed by atoms with Crippen molar-refractivity contribution in [2.45, 2.75) is 52.0 Å². The fourth-order valence-electron chi connectivity index (χ4n) is 1.41. The molecule has 0 amide bonds.